The van der Waals surface area contributed by atoms with Crippen molar-refractivity contribution in [2.75, 3.05) is 0 Å². The normalized spacial score (nSPS) is 11.9. The molecule has 1 aromatic heterocycles. The van der Waals surface area contributed by atoms with Gasteiger partial charge in [0.1, 0.15) is 23.4 Å². The number of rotatable bonds is 5. The first-order chi connectivity index (χ1) is 13.2. The molecule has 0 spiro atoms. The molecule has 1 unspecified atom stereocenters. The minimum Gasteiger partial charge on any atom is -0.456 e. The lowest BCUT2D eigenvalue weighted by molar-refractivity contribution is 0.481. The first-order valence-corrected chi connectivity index (χ1v) is 8.92. The van der Waals surface area contributed by atoms with E-state index >= 15 is 0 Å². The second kappa shape index (κ2) is 7.35. The molecule has 0 aliphatic carbocycles. The van der Waals surface area contributed by atoms with E-state index in [-0.39, 0.29) is 5.92 Å². The van der Waals surface area contributed by atoms with E-state index in [0.29, 0.717) is 11.3 Å². The van der Waals surface area contributed by atoms with Crippen LogP contribution in [0.15, 0.2) is 73.1 Å². The molecule has 0 amide bonds. The first kappa shape index (κ1) is 16.9. The third-order valence-electron chi connectivity index (χ3n) is 4.64. The van der Waals surface area contributed by atoms with Crippen LogP contribution in [0.2, 0.25) is 0 Å². The van der Waals surface area contributed by atoms with Crippen LogP contribution in [0.3, 0.4) is 0 Å². The molecule has 0 saturated heterocycles. The highest BCUT2D eigenvalue weighted by atomic mass is 16.5. The minimum atomic E-state index is 0.251. The van der Waals surface area contributed by atoms with Gasteiger partial charge >= 0.3 is 0 Å². The molecule has 0 aliphatic heterocycles. The summed E-state index contributed by atoms with van der Waals surface area (Å²) in [6.45, 7) is 2.13. The number of nitrogens with one attached hydrogen (secondary N) is 1. The molecule has 0 fully saturated rings. The quantitative estimate of drug-likeness (QED) is 0.510. The fourth-order valence-electron chi connectivity index (χ4n) is 3.23. The van der Waals surface area contributed by atoms with Gasteiger partial charge in [-0.3, -0.25) is 0 Å². The molecular formula is C23H19N3O. The monoisotopic (exact) mass is 353 g/mol. The summed E-state index contributed by atoms with van der Waals surface area (Å²) in [5.41, 5.74) is 1.63. The molecule has 1 atom stereocenters. The largest absolute Gasteiger partial charge is 0.456 e. The smallest absolute Gasteiger partial charge is 0.145 e. The summed E-state index contributed by atoms with van der Waals surface area (Å²) in [6.07, 6.45) is 4.41. The highest BCUT2D eigenvalue weighted by molar-refractivity contribution is 5.83. The van der Waals surface area contributed by atoms with E-state index in [2.05, 4.69) is 35.1 Å². The van der Waals surface area contributed by atoms with Crippen molar-refractivity contribution in [1.29, 1.82) is 5.26 Å². The van der Waals surface area contributed by atoms with E-state index in [1.54, 1.807) is 6.20 Å². The van der Waals surface area contributed by atoms with Crippen molar-refractivity contribution in [3.8, 4) is 17.6 Å². The zero-order valence-electron chi connectivity index (χ0n) is 15.0. The van der Waals surface area contributed by atoms with Gasteiger partial charge in [0.05, 0.1) is 5.56 Å². The number of imidazole rings is 1. The van der Waals surface area contributed by atoms with Crippen LogP contribution >= 0.6 is 0 Å². The van der Waals surface area contributed by atoms with Crippen LogP contribution in [0.4, 0.5) is 0 Å². The highest BCUT2D eigenvalue weighted by Gasteiger charge is 2.12. The molecule has 0 saturated carbocycles. The van der Waals surface area contributed by atoms with E-state index in [9.17, 15) is 5.26 Å². The zero-order chi connectivity index (χ0) is 18.6. The molecule has 132 valence electrons. The van der Waals surface area contributed by atoms with Gasteiger partial charge in [0.15, 0.2) is 0 Å². The van der Waals surface area contributed by atoms with Gasteiger partial charge in [0, 0.05) is 18.3 Å². The lowest BCUT2D eigenvalue weighted by Gasteiger charge is -2.12. The van der Waals surface area contributed by atoms with E-state index in [1.165, 1.54) is 0 Å². The minimum absolute atomic E-state index is 0.251. The molecule has 4 aromatic rings. The molecule has 0 radical (unpaired) electrons. The van der Waals surface area contributed by atoms with Crippen molar-refractivity contribution in [2.45, 2.75) is 19.3 Å². The lowest BCUT2D eigenvalue weighted by atomic mass is 9.99. The van der Waals surface area contributed by atoms with Crippen molar-refractivity contribution in [1.82, 2.24) is 9.97 Å². The summed E-state index contributed by atoms with van der Waals surface area (Å²) in [4.78, 5) is 7.48. The Morgan fingerprint density at radius 1 is 1.07 bits per heavy atom. The van der Waals surface area contributed by atoms with Gasteiger partial charge in [-0.2, -0.15) is 5.26 Å². The van der Waals surface area contributed by atoms with Gasteiger partial charge in [0.2, 0.25) is 0 Å². The molecule has 4 heteroatoms. The van der Waals surface area contributed by atoms with Crippen LogP contribution in [0, 0.1) is 11.3 Å². The van der Waals surface area contributed by atoms with Crippen LogP contribution in [-0.2, 0) is 6.42 Å². The molecule has 4 nitrogen and oxygen atoms in total. The Morgan fingerprint density at radius 3 is 2.70 bits per heavy atom. The fraction of sp³-hybridized carbons (Fsp3) is 0.130. The summed E-state index contributed by atoms with van der Waals surface area (Å²) >= 11 is 0. The number of benzene rings is 3. The van der Waals surface area contributed by atoms with Crippen molar-refractivity contribution >= 4 is 10.8 Å². The Kier molecular flexibility index (Phi) is 4.59. The Bertz CT molecular complexity index is 1110. The number of nitriles is 1. The molecule has 27 heavy (non-hydrogen) atoms. The van der Waals surface area contributed by atoms with Gasteiger partial charge in [-0.1, -0.05) is 43.3 Å². The van der Waals surface area contributed by atoms with E-state index in [0.717, 1.165) is 34.3 Å². The van der Waals surface area contributed by atoms with Crippen molar-refractivity contribution in [3.63, 3.8) is 0 Å². The molecule has 1 N–H and O–H groups in total. The van der Waals surface area contributed by atoms with Crippen LogP contribution in [0.1, 0.15) is 29.8 Å². The van der Waals surface area contributed by atoms with Gasteiger partial charge in [-0.05, 0) is 47.0 Å². The number of hydrogen-bond acceptors (Lipinski definition) is 3. The Labute approximate surface area is 158 Å². The Morgan fingerprint density at radius 2 is 1.93 bits per heavy atom. The zero-order valence-corrected chi connectivity index (χ0v) is 15.0. The standard InChI is InChI=1S/C23H19N3O/c1-16(23-25-10-11-26-23)12-17-6-7-20(15-24)22(13-17)27-21-9-8-18-4-2-3-5-19(18)14-21/h2-11,13-14,16H,12H2,1H3,(H,25,26). The summed E-state index contributed by atoms with van der Waals surface area (Å²) in [7, 11) is 0. The Balaban J connectivity index is 1.61. The second-order valence-corrected chi connectivity index (χ2v) is 6.63. The highest BCUT2D eigenvalue weighted by Crippen LogP contribution is 2.30. The van der Waals surface area contributed by atoms with Gasteiger partial charge in [0.25, 0.3) is 0 Å². The van der Waals surface area contributed by atoms with Gasteiger partial charge in [-0.15, -0.1) is 0 Å². The molecule has 4 rings (SSSR count). The maximum atomic E-state index is 9.45. The molecule has 3 aromatic carbocycles. The predicted molar refractivity (Wildman–Crippen MR) is 106 cm³/mol. The number of fused-ring (bicyclic) bond motifs is 1. The number of nitrogens with zero attached hydrogens (tertiary/aromatic N) is 2. The molecule has 0 aliphatic rings. The van der Waals surface area contributed by atoms with Crippen molar-refractivity contribution in [2.24, 2.45) is 0 Å². The number of H-pyrrole nitrogens is 1. The SMILES string of the molecule is CC(Cc1ccc(C#N)c(Oc2ccc3ccccc3c2)c1)c1ncc[nH]1. The van der Waals surface area contributed by atoms with Crippen LogP contribution in [-0.4, -0.2) is 9.97 Å². The van der Waals surface area contributed by atoms with Crippen LogP contribution < -0.4 is 4.74 Å². The lowest BCUT2D eigenvalue weighted by Crippen LogP contribution is -2.01. The van der Waals surface area contributed by atoms with Gasteiger partial charge in [-0.25, -0.2) is 4.98 Å². The molecular weight excluding hydrogens is 334 g/mol. The third-order valence-corrected chi connectivity index (χ3v) is 4.64. The van der Waals surface area contributed by atoms with E-state index in [4.69, 9.17) is 4.74 Å². The number of aromatic nitrogens is 2. The van der Waals surface area contributed by atoms with E-state index in [1.807, 2.05) is 54.7 Å². The van der Waals surface area contributed by atoms with Crippen molar-refractivity contribution in [3.05, 3.63) is 90.0 Å². The van der Waals surface area contributed by atoms with Crippen LogP contribution in [0.25, 0.3) is 10.8 Å². The number of ether oxygens (including phenoxy) is 1. The van der Waals surface area contributed by atoms with E-state index < -0.39 is 0 Å². The van der Waals surface area contributed by atoms with Crippen molar-refractivity contribution < 1.29 is 4.74 Å². The van der Waals surface area contributed by atoms with Crippen LogP contribution in [0.5, 0.6) is 11.5 Å². The fourth-order valence-corrected chi connectivity index (χ4v) is 3.23. The molecule has 1 heterocycles. The number of aromatic amines is 1. The predicted octanol–water partition coefficient (Wildman–Crippen LogP) is 5.57. The van der Waals surface area contributed by atoms with Gasteiger partial charge < -0.3 is 9.72 Å². The first-order valence-electron chi connectivity index (χ1n) is 8.92. The third kappa shape index (κ3) is 3.68. The average Bonchev–Trinajstić information content (AvgIpc) is 3.23. The maximum Gasteiger partial charge on any atom is 0.145 e. The second-order valence-electron chi connectivity index (χ2n) is 6.63. The topological polar surface area (TPSA) is 61.7 Å². The average molecular weight is 353 g/mol. The summed E-state index contributed by atoms with van der Waals surface area (Å²) in [6, 6.07) is 22.1. The summed E-state index contributed by atoms with van der Waals surface area (Å²) in [5.74, 6) is 2.51. The summed E-state index contributed by atoms with van der Waals surface area (Å²) < 4.78 is 6.08. The summed E-state index contributed by atoms with van der Waals surface area (Å²) in [5, 5.41) is 11.7. The number of hydrogen-bond donors (Lipinski definition) is 1. The molecule has 0 bridgehead atoms. The maximum absolute atomic E-state index is 9.45. The Hall–Kier alpha value is -3.58.